The molecule has 2 aromatic rings. The minimum absolute atomic E-state index is 0.435. The Kier molecular flexibility index (Phi) is 3.80. The van der Waals surface area contributed by atoms with Gasteiger partial charge in [-0.25, -0.2) is 0 Å². The molecule has 0 fully saturated rings. The summed E-state index contributed by atoms with van der Waals surface area (Å²) in [6.07, 6.45) is 0.216. The predicted octanol–water partition coefficient (Wildman–Crippen LogP) is 2.74. The van der Waals surface area contributed by atoms with Crippen molar-refractivity contribution in [1.29, 1.82) is 0 Å². The van der Waals surface area contributed by atoms with Crippen molar-refractivity contribution >= 4 is 0 Å². The molecule has 0 aliphatic heterocycles. The minimum Gasteiger partial charge on any atom is -0.322 e. The zero-order valence-corrected chi connectivity index (χ0v) is 9.93. The maximum absolute atomic E-state index is 12.4. The average molecular weight is 267 g/mol. The number of rotatable bonds is 3. The first-order valence-corrected chi connectivity index (χ1v) is 5.64. The zero-order valence-electron chi connectivity index (χ0n) is 9.93. The Bertz CT molecular complexity index is 523. The number of hydrogen-bond acceptors (Lipinski definition) is 3. The van der Waals surface area contributed by atoms with Crippen LogP contribution in [0.5, 0.6) is 0 Å². The van der Waals surface area contributed by atoms with Crippen molar-refractivity contribution in [3.63, 3.8) is 0 Å². The highest BCUT2D eigenvalue weighted by atomic mass is 19.4. The standard InChI is InChI=1S/C13H12F3N3/c14-13(15,16)10-1-2-12(19-8-10)11(17)7-9-3-5-18-6-4-9/h1-6,8,11H,7,17H2. The van der Waals surface area contributed by atoms with E-state index in [0.29, 0.717) is 12.1 Å². The van der Waals surface area contributed by atoms with Crippen LogP contribution in [-0.2, 0) is 12.6 Å². The zero-order chi connectivity index (χ0) is 13.9. The van der Waals surface area contributed by atoms with Gasteiger partial charge in [-0.05, 0) is 36.2 Å². The van der Waals surface area contributed by atoms with Crippen molar-refractivity contribution in [2.24, 2.45) is 5.73 Å². The summed E-state index contributed by atoms with van der Waals surface area (Å²) in [5.74, 6) is 0. The molecule has 0 aliphatic rings. The third kappa shape index (κ3) is 3.51. The second kappa shape index (κ2) is 5.36. The van der Waals surface area contributed by atoms with E-state index in [-0.39, 0.29) is 0 Å². The lowest BCUT2D eigenvalue weighted by Crippen LogP contribution is -2.16. The fraction of sp³-hybridized carbons (Fsp3) is 0.231. The second-order valence-electron chi connectivity index (χ2n) is 4.14. The van der Waals surface area contributed by atoms with Crippen LogP contribution in [0.15, 0.2) is 42.9 Å². The number of alkyl halides is 3. The van der Waals surface area contributed by atoms with E-state index in [1.807, 2.05) is 12.1 Å². The first kappa shape index (κ1) is 13.5. The maximum atomic E-state index is 12.4. The molecule has 3 nitrogen and oxygen atoms in total. The fourth-order valence-corrected chi connectivity index (χ4v) is 1.67. The topological polar surface area (TPSA) is 51.8 Å². The van der Waals surface area contributed by atoms with Crippen molar-refractivity contribution < 1.29 is 13.2 Å². The van der Waals surface area contributed by atoms with Gasteiger partial charge in [-0.1, -0.05) is 0 Å². The quantitative estimate of drug-likeness (QED) is 0.930. The molecule has 1 unspecified atom stereocenters. The first-order chi connectivity index (χ1) is 8.97. The molecule has 2 aromatic heterocycles. The highest BCUT2D eigenvalue weighted by Crippen LogP contribution is 2.29. The molecule has 0 spiro atoms. The number of aromatic nitrogens is 2. The third-order valence-electron chi connectivity index (χ3n) is 2.70. The van der Waals surface area contributed by atoms with Crippen LogP contribution in [0, 0.1) is 0 Å². The van der Waals surface area contributed by atoms with E-state index in [1.54, 1.807) is 12.4 Å². The molecule has 0 aliphatic carbocycles. The van der Waals surface area contributed by atoms with Crippen molar-refractivity contribution in [3.05, 3.63) is 59.7 Å². The van der Waals surface area contributed by atoms with Crippen LogP contribution in [0.3, 0.4) is 0 Å². The molecular weight excluding hydrogens is 255 g/mol. The van der Waals surface area contributed by atoms with Crippen molar-refractivity contribution in [1.82, 2.24) is 9.97 Å². The number of halogens is 3. The molecule has 0 amide bonds. The largest absolute Gasteiger partial charge is 0.417 e. The molecule has 2 N–H and O–H groups in total. The van der Waals surface area contributed by atoms with Gasteiger partial charge in [-0.15, -0.1) is 0 Å². The highest BCUT2D eigenvalue weighted by Gasteiger charge is 2.30. The van der Waals surface area contributed by atoms with Crippen molar-refractivity contribution in [3.8, 4) is 0 Å². The highest BCUT2D eigenvalue weighted by molar-refractivity contribution is 5.21. The average Bonchev–Trinajstić information content (AvgIpc) is 2.39. The molecule has 0 saturated heterocycles. The molecule has 19 heavy (non-hydrogen) atoms. The van der Waals surface area contributed by atoms with Gasteiger partial charge in [-0.2, -0.15) is 13.2 Å². The summed E-state index contributed by atoms with van der Waals surface area (Å²) in [5.41, 5.74) is 6.55. The number of pyridine rings is 2. The Balaban J connectivity index is 2.10. The van der Waals surface area contributed by atoms with Crippen molar-refractivity contribution in [2.75, 3.05) is 0 Å². The van der Waals surface area contributed by atoms with Gasteiger partial charge in [0.15, 0.2) is 0 Å². The normalized spacial score (nSPS) is 13.3. The molecule has 0 saturated carbocycles. The lowest BCUT2D eigenvalue weighted by Gasteiger charge is -2.12. The first-order valence-electron chi connectivity index (χ1n) is 5.64. The molecular formula is C13H12F3N3. The molecule has 1 atom stereocenters. The van der Waals surface area contributed by atoms with Crippen LogP contribution in [0.1, 0.15) is 22.9 Å². The van der Waals surface area contributed by atoms with Gasteiger partial charge in [-0.3, -0.25) is 9.97 Å². The Morgan fingerprint density at radius 1 is 1.11 bits per heavy atom. The second-order valence-corrected chi connectivity index (χ2v) is 4.14. The summed E-state index contributed by atoms with van der Waals surface area (Å²) in [5, 5.41) is 0. The number of nitrogens with zero attached hydrogens (tertiary/aromatic N) is 2. The van der Waals surface area contributed by atoms with Gasteiger partial charge in [0.1, 0.15) is 0 Å². The third-order valence-corrected chi connectivity index (χ3v) is 2.70. The van der Waals surface area contributed by atoms with E-state index >= 15 is 0 Å². The van der Waals surface area contributed by atoms with Crippen LogP contribution in [-0.4, -0.2) is 9.97 Å². The maximum Gasteiger partial charge on any atom is 0.417 e. The molecule has 6 heteroatoms. The summed E-state index contributed by atoms with van der Waals surface area (Å²) in [4.78, 5) is 7.66. The Labute approximate surface area is 108 Å². The summed E-state index contributed by atoms with van der Waals surface area (Å²) in [6, 6.07) is 5.49. The SMILES string of the molecule is NC(Cc1ccncc1)c1ccc(C(F)(F)F)cn1. The molecule has 2 heterocycles. The summed E-state index contributed by atoms with van der Waals surface area (Å²) >= 11 is 0. The van der Waals surface area contributed by atoms with Crippen molar-refractivity contribution in [2.45, 2.75) is 18.6 Å². The predicted molar refractivity (Wildman–Crippen MR) is 64.1 cm³/mol. The van der Waals surface area contributed by atoms with Crippen LogP contribution in [0.2, 0.25) is 0 Å². The Morgan fingerprint density at radius 3 is 2.32 bits per heavy atom. The van der Waals surface area contributed by atoms with E-state index in [4.69, 9.17) is 5.73 Å². The van der Waals surface area contributed by atoms with E-state index < -0.39 is 17.8 Å². The van der Waals surface area contributed by atoms with Gasteiger partial charge in [0, 0.05) is 18.6 Å². The van der Waals surface area contributed by atoms with Crippen LogP contribution < -0.4 is 5.73 Å². The lowest BCUT2D eigenvalue weighted by molar-refractivity contribution is -0.137. The van der Waals surface area contributed by atoms with E-state index in [1.165, 1.54) is 6.07 Å². The Morgan fingerprint density at radius 2 is 1.79 bits per heavy atom. The lowest BCUT2D eigenvalue weighted by atomic mass is 10.0. The van der Waals surface area contributed by atoms with Gasteiger partial charge in [0.25, 0.3) is 0 Å². The molecule has 0 bridgehead atoms. The summed E-state index contributed by atoms with van der Waals surface area (Å²) in [6.45, 7) is 0. The number of nitrogens with two attached hydrogens (primary N) is 1. The monoisotopic (exact) mass is 267 g/mol. The van der Waals surface area contributed by atoms with Crippen LogP contribution >= 0.6 is 0 Å². The molecule has 2 rings (SSSR count). The van der Waals surface area contributed by atoms with Gasteiger partial charge in [0.05, 0.1) is 17.3 Å². The fourth-order valence-electron chi connectivity index (χ4n) is 1.67. The van der Waals surface area contributed by atoms with Crippen LogP contribution in [0.4, 0.5) is 13.2 Å². The molecule has 0 aromatic carbocycles. The Hall–Kier alpha value is -1.95. The molecule has 0 radical (unpaired) electrons. The van der Waals surface area contributed by atoms with Gasteiger partial charge < -0.3 is 5.73 Å². The van der Waals surface area contributed by atoms with E-state index in [9.17, 15) is 13.2 Å². The minimum atomic E-state index is -4.37. The van der Waals surface area contributed by atoms with Crippen LogP contribution in [0.25, 0.3) is 0 Å². The van der Waals surface area contributed by atoms with E-state index in [0.717, 1.165) is 17.8 Å². The molecule has 100 valence electrons. The summed E-state index contributed by atoms with van der Waals surface area (Å²) < 4.78 is 37.2. The number of hydrogen-bond donors (Lipinski definition) is 1. The smallest absolute Gasteiger partial charge is 0.322 e. The van der Waals surface area contributed by atoms with Gasteiger partial charge in [0.2, 0.25) is 0 Å². The van der Waals surface area contributed by atoms with Gasteiger partial charge >= 0.3 is 6.18 Å². The summed E-state index contributed by atoms with van der Waals surface area (Å²) in [7, 11) is 0. The van der Waals surface area contributed by atoms with E-state index in [2.05, 4.69) is 9.97 Å².